The predicted molar refractivity (Wildman–Crippen MR) is 68.2 cm³/mol. The first-order valence-electron chi connectivity index (χ1n) is 5.83. The van der Waals surface area contributed by atoms with E-state index in [-0.39, 0.29) is 11.6 Å². The first kappa shape index (κ1) is 13.4. The van der Waals surface area contributed by atoms with E-state index in [1.54, 1.807) is 19.2 Å². The first-order chi connectivity index (χ1) is 9.10. The van der Waals surface area contributed by atoms with E-state index >= 15 is 0 Å². The molecule has 0 unspecified atom stereocenters. The van der Waals surface area contributed by atoms with E-state index in [2.05, 4.69) is 10.3 Å². The summed E-state index contributed by atoms with van der Waals surface area (Å²) in [5.41, 5.74) is 1.40. The van der Waals surface area contributed by atoms with Crippen LogP contribution in [0.25, 0.3) is 0 Å². The second kappa shape index (κ2) is 5.75. The second-order valence-corrected chi connectivity index (χ2v) is 4.18. The van der Waals surface area contributed by atoms with Crippen molar-refractivity contribution in [3.63, 3.8) is 0 Å². The van der Waals surface area contributed by atoms with Gasteiger partial charge in [0.15, 0.2) is 11.6 Å². The number of rotatable bonds is 4. The molecule has 0 bridgehead atoms. The van der Waals surface area contributed by atoms with Gasteiger partial charge >= 0.3 is 0 Å². The van der Waals surface area contributed by atoms with E-state index in [1.807, 2.05) is 6.92 Å². The first-order valence-corrected chi connectivity index (χ1v) is 5.83. The van der Waals surface area contributed by atoms with E-state index in [4.69, 9.17) is 4.74 Å². The van der Waals surface area contributed by atoms with Crippen LogP contribution in [0.2, 0.25) is 0 Å². The Morgan fingerprint density at radius 3 is 2.79 bits per heavy atom. The number of aromatic nitrogens is 1. The number of hydrogen-bond donors (Lipinski definition) is 1. The van der Waals surface area contributed by atoms with Crippen LogP contribution in [0.5, 0.6) is 11.6 Å². The largest absolute Gasteiger partial charge is 0.436 e. The van der Waals surface area contributed by atoms with Gasteiger partial charge in [-0.2, -0.15) is 0 Å². The molecule has 0 aliphatic carbocycles. The zero-order valence-electron chi connectivity index (χ0n) is 10.7. The van der Waals surface area contributed by atoms with E-state index < -0.39 is 11.6 Å². The molecular formula is C14H14F2N2O. The highest BCUT2D eigenvalue weighted by molar-refractivity contribution is 5.35. The van der Waals surface area contributed by atoms with Crippen LogP contribution in [0, 0.1) is 18.6 Å². The standard InChI is InChI=1S/C14H14F2N2O/c1-9-3-4-12(16)13(5-9)19-14-10(7-17-2)6-11(15)8-18-14/h3-6,8,17H,7H2,1-2H3. The lowest BCUT2D eigenvalue weighted by Gasteiger charge is -2.11. The molecule has 0 amide bonds. The smallest absolute Gasteiger partial charge is 0.224 e. The number of nitrogens with zero attached hydrogens (tertiary/aromatic N) is 1. The molecule has 19 heavy (non-hydrogen) atoms. The van der Waals surface area contributed by atoms with Gasteiger partial charge in [-0.15, -0.1) is 0 Å². The monoisotopic (exact) mass is 264 g/mol. The van der Waals surface area contributed by atoms with Gasteiger partial charge < -0.3 is 10.1 Å². The van der Waals surface area contributed by atoms with Crippen molar-refractivity contribution in [1.82, 2.24) is 10.3 Å². The SMILES string of the molecule is CNCc1cc(F)cnc1Oc1cc(C)ccc1F. The Kier molecular flexibility index (Phi) is 4.06. The van der Waals surface area contributed by atoms with Gasteiger partial charge in [0.2, 0.25) is 5.88 Å². The molecule has 1 aromatic carbocycles. The number of halogens is 2. The average Bonchev–Trinajstić information content (AvgIpc) is 2.37. The lowest BCUT2D eigenvalue weighted by atomic mass is 10.2. The van der Waals surface area contributed by atoms with Crippen LogP contribution in [0.4, 0.5) is 8.78 Å². The Balaban J connectivity index is 2.34. The quantitative estimate of drug-likeness (QED) is 0.921. The summed E-state index contributed by atoms with van der Waals surface area (Å²) >= 11 is 0. The maximum absolute atomic E-state index is 13.6. The summed E-state index contributed by atoms with van der Waals surface area (Å²) in [5, 5.41) is 2.88. The number of ether oxygens (including phenoxy) is 1. The summed E-state index contributed by atoms with van der Waals surface area (Å²) in [7, 11) is 1.72. The van der Waals surface area contributed by atoms with Gasteiger partial charge in [-0.3, -0.25) is 0 Å². The summed E-state index contributed by atoms with van der Waals surface area (Å²) < 4.78 is 32.2. The van der Waals surface area contributed by atoms with Crippen LogP contribution in [0.1, 0.15) is 11.1 Å². The van der Waals surface area contributed by atoms with Crippen molar-refractivity contribution in [2.24, 2.45) is 0 Å². The van der Waals surface area contributed by atoms with Crippen molar-refractivity contribution < 1.29 is 13.5 Å². The van der Waals surface area contributed by atoms with Crippen molar-refractivity contribution in [3.05, 3.63) is 53.2 Å². The molecule has 0 saturated carbocycles. The number of aryl methyl sites for hydroxylation is 1. The van der Waals surface area contributed by atoms with Crippen LogP contribution < -0.4 is 10.1 Å². The fourth-order valence-corrected chi connectivity index (χ4v) is 1.67. The summed E-state index contributed by atoms with van der Waals surface area (Å²) in [6.07, 6.45) is 1.04. The molecule has 1 aromatic heterocycles. The maximum atomic E-state index is 13.6. The summed E-state index contributed by atoms with van der Waals surface area (Å²) in [5.74, 6) is -0.661. The molecule has 5 heteroatoms. The van der Waals surface area contributed by atoms with Crippen LogP contribution in [0.3, 0.4) is 0 Å². The zero-order chi connectivity index (χ0) is 13.8. The van der Waals surface area contributed by atoms with E-state index in [0.29, 0.717) is 12.1 Å². The summed E-state index contributed by atoms with van der Waals surface area (Å²) in [6.45, 7) is 2.21. The Morgan fingerprint density at radius 2 is 2.05 bits per heavy atom. The van der Waals surface area contributed by atoms with Gasteiger partial charge in [0.25, 0.3) is 0 Å². The number of hydrogen-bond acceptors (Lipinski definition) is 3. The molecule has 0 aliphatic rings. The van der Waals surface area contributed by atoms with Crippen molar-refractivity contribution >= 4 is 0 Å². The van der Waals surface area contributed by atoms with E-state index in [9.17, 15) is 8.78 Å². The Hall–Kier alpha value is -2.01. The summed E-state index contributed by atoms with van der Waals surface area (Å²) in [6, 6.07) is 5.86. The third-order valence-electron chi connectivity index (χ3n) is 2.55. The summed E-state index contributed by atoms with van der Waals surface area (Å²) in [4.78, 5) is 3.86. The Bertz CT molecular complexity index is 588. The van der Waals surface area contributed by atoms with Crippen LogP contribution in [-0.4, -0.2) is 12.0 Å². The molecule has 1 heterocycles. The molecule has 0 fully saturated rings. The second-order valence-electron chi connectivity index (χ2n) is 4.18. The van der Waals surface area contributed by atoms with Crippen molar-refractivity contribution in [3.8, 4) is 11.6 Å². The lowest BCUT2D eigenvalue weighted by Crippen LogP contribution is -2.08. The molecule has 100 valence electrons. The average molecular weight is 264 g/mol. The number of pyridine rings is 1. The minimum Gasteiger partial charge on any atom is -0.436 e. The molecule has 2 aromatic rings. The molecule has 0 aliphatic heterocycles. The number of benzene rings is 1. The molecule has 3 nitrogen and oxygen atoms in total. The van der Waals surface area contributed by atoms with E-state index in [1.165, 1.54) is 12.1 Å². The Labute approximate surface area is 110 Å². The highest BCUT2D eigenvalue weighted by Crippen LogP contribution is 2.26. The molecule has 0 atom stereocenters. The predicted octanol–water partition coefficient (Wildman–Crippen LogP) is 3.18. The van der Waals surface area contributed by atoms with Crippen LogP contribution in [0.15, 0.2) is 30.5 Å². The van der Waals surface area contributed by atoms with Crippen molar-refractivity contribution in [2.45, 2.75) is 13.5 Å². The maximum Gasteiger partial charge on any atom is 0.224 e. The fourth-order valence-electron chi connectivity index (χ4n) is 1.67. The fraction of sp³-hybridized carbons (Fsp3) is 0.214. The van der Waals surface area contributed by atoms with Crippen molar-refractivity contribution in [1.29, 1.82) is 0 Å². The molecule has 2 rings (SSSR count). The van der Waals surface area contributed by atoms with Gasteiger partial charge in [-0.05, 0) is 37.7 Å². The number of nitrogens with one attached hydrogen (secondary N) is 1. The third kappa shape index (κ3) is 3.26. The molecule has 0 radical (unpaired) electrons. The van der Waals surface area contributed by atoms with Crippen molar-refractivity contribution in [2.75, 3.05) is 7.05 Å². The van der Waals surface area contributed by atoms with Gasteiger partial charge in [0.05, 0.1) is 6.20 Å². The molecule has 1 N–H and O–H groups in total. The van der Waals surface area contributed by atoms with Gasteiger partial charge in [-0.1, -0.05) is 6.07 Å². The lowest BCUT2D eigenvalue weighted by molar-refractivity contribution is 0.418. The van der Waals surface area contributed by atoms with Crippen LogP contribution >= 0.6 is 0 Å². The van der Waals surface area contributed by atoms with Gasteiger partial charge in [0.1, 0.15) is 5.82 Å². The minimum absolute atomic E-state index is 0.0801. The normalized spacial score (nSPS) is 10.5. The highest BCUT2D eigenvalue weighted by atomic mass is 19.1. The topological polar surface area (TPSA) is 34.2 Å². The molecule has 0 spiro atoms. The van der Waals surface area contributed by atoms with E-state index in [0.717, 1.165) is 11.8 Å². The third-order valence-corrected chi connectivity index (χ3v) is 2.55. The van der Waals surface area contributed by atoms with Crippen LogP contribution in [-0.2, 0) is 6.54 Å². The Morgan fingerprint density at radius 1 is 1.26 bits per heavy atom. The molecular weight excluding hydrogens is 250 g/mol. The zero-order valence-corrected chi connectivity index (χ0v) is 10.7. The molecule has 0 saturated heterocycles. The highest BCUT2D eigenvalue weighted by Gasteiger charge is 2.11. The van der Waals surface area contributed by atoms with Gasteiger partial charge in [0, 0.05) is 12.1 Å². The van der Waals surface area contributed by atoms with Gasteiger partial charge in [-0.25, -0.2) is 13.8 Å². The minimum atomic E-state index is -0.480.